The minimum atomic E-state index is -1.21. The quantitative estimate of drug-likeness (QED) is 0.470. The van der Waals surface area contributed by atoms with Crippen LogP contribution < -0.4 is 5.49 Å². The summed E-state index contributed by atoms with van der Waals surface area (Å²) in [6.45, 7) is 0. The minimum absolute atomic E-state index is 0.447. The molecule has 0 aliphatic rings. The van der Waals surface area contributed by atoms with E-state index in [1.807, 2.05) is 6.07 Å². The summed E-state index contributed by atoms with van der Waals surface area (Å²) in [5.74, 6) is -1.21. The maximum atomic E-state index is 10.4. The number of phenols is 1. The average molecular weight is 353 g/mol. The van der Waals surface area contributed by atoms with E-state index >= 15 is 0 Å². The number of hydrogen-bond donors (Lipinski definition) is 2. The molecule has 0 aliphatic heterocycles. The molecule has 0 radical (unpaired) electrons. The number of rotatable bonds is 3. The zero-order valence-electron chi connectivity index (χ0n) is 12.5. The van der Waals surface area contributed by atoms with Crippen LogP contribution in [-0.2, 0) is 0 Å². The first kappa shape index (κ1) is 19.0. The maximum absolute atomic E-state index is 10.4. The number of pyridine rings is 1. The van der Waals surface area contributed by atoms with Crippen LogP contribution in [0, 0.1) is 30.3 Å². The molecule has 2 N–H and O–H groups in total. The van der Waals surface area contributed by atoms with Gasteiger partial charge in [-0.25, -0.2) is 0 Å². The number of hydrogen-bond acceptors (Lipinski definition) is 9. The van der Waals surface area contributed by atoms with Gasteiger partial charge in [-0.05, 0) is 12.1 Å². The fourth-order valence-electron chi connectivity index (χ4n) is 1.58. The van der Waals surface area contributed by atoms with Gasteiger partial charge in [0.2, 0.25) is 0 Å². The van der Waals surface area contributed by atoms with Crippen LogP contribution in [0.5, 0.6) is 5.75 Å². The van der Waals surface area contributed by atoms with Crippen LogP contribution in [0.15, 0.2) is 41.5 Å². The smallest absolute Gasteiger partial charge is 0.324 e. The van der Waals surface area contributed by atoms with Crippen molar-refractivity contribution in [2.24, 2.45) is 4.99 Å². The fourth-order valence-corrected chi connectivity index (χ4v) is 1.58. The highest BCUT2D eigenvalue weighted by Crippen LogP contribution is 2.38. The van der Waals surface area contributed by atoms with Crippen molar-refractivity contribution in [1.29, 1.82) is 0 Å². The van der Waals surface area contributed by atoms with Crippen molar-refractivity contribution in [3.8, 4) is 5.75 Å². The number of nitrogens with zero attached hydrogens (tertiary/aromatic N) is 5. The van der Waals surface area contributed by atoms with E-state index < -0.39 is 37.6 Å². The van der Waals surface area contributed by atoms with Crippen molar-refractivity contribution in [2.45, 2.75) is 0 Å². The molecule has 13 nitrogen and oxygen atoms in total. The summed E-state index contributed by atoms with van der Waals surface area (Å²) in [6, 6.07) is 6.16. The first-order chi connectivity index (χ1) is 11.7. The van der Waals surface area contributed by atoms with E-state index in [0.29, 0.717) is 17.6 Å². The number of nitro groups is 3. The normalized spacial score (nSPS) is 10.5. The molecule has 13 heteroatoms. The van der Waals surface area contributed by atoms with E-state index in [-0.39, 0.29) is 0 Å². The largest absolute Gasteiger partial charge is 0.497 e. The first-order valence-corrected chi connectivity index (χ1v) is 6.29. The number of aromatic nitrogens is 1. The zero-order chi connectivity index (χ0) is 19.1. The van der Waals surface area contributed by atoms with E-state index in [2.05, 4.69) is 4.99 Å². The lowest BCUT2D eigenvalue weighted by molar-refractivity contribution is -0.404. The Kier molecular flexibility index (Phi) is 6.09. The molecule has 132 valence electrons. The van der Waals surface area contributed by atoms with Crippen molar-refractivity contribution >= 4 is 17.1 Å². The van der Waals surface area contributed by atoms with Crippen LogP contribution in [0.2, 0.25) is 0 Å². The third-order valence-electron chi connectivity index (χ3n) is 2.71. The topological polar surface area (TPSA) is 187 Å². The Hall–Kier alpha value is -4.03. The predicted octanol–water partition coefficient (Wildman–Crippen LogP) is 1.37. The Morgan fingerprint density at radius 2 is 1.52 bits per heavy atom. The number of aromatic hydroxyl groups is 1. The summed E-state index contributed by atoms with van der Waals surface area (Å²) in [4.78, 5) is 31.6. The highest BCUT2D eigenvalue weighted by molar-refractivity contribution is 5.64. The van der Waals surface area contributed by atoms with Crippen molar-refractivity contribution in [1.82, 2.24) is 4.73 Å². The van der Waals surface area contributed by atoms with Gasteiger partial charge in [-0.3, -0.25) is 35.3 Å². The van der Waals surface area contributed by atoms with Crippen LogP contribution in [0.1, 0.15) is 0 Å². The zero-order valence-corrected chi connectivity index (χ0v) is 12.5. The molecule has 2 rings (SSSR count). The second-order valence-corrected chi connectivity index (χ2v) is 4.23. The Bertz CT molecular complexity index is 856. The van der Waals surface area contributed by atoms with E-state index in [9.17, 15) is 30.3 Å². The Morgan fingerprint density at radius 1 is 1.00 bits per heavy atom. The van der Waals surface area contributed by atoms with Crippen LogP contribution in [-0.4, -0.2) is 36.9 Å². The van der Waals surface area contributed by atoms with E-state index in [1.54, 1.807) is 19.2 Å². The highest BCUT2D eigenvalue weighted by Gasteiger charge is 2.30. The van der Waals surface area contributed by atoms with Gasteiger partial charge in [0.05, 0.1) is 26.9 Å². The van der Waals surface area contributed by atoms with Crippen LogP contribution in [0.4, 0.5) is 17.1 Å². The summed E-state index contributed by atoms with van der Waals surface area (Å²) in [6.07, 6.45) is 1.53. The standard InChI is InChI=1S/C6H3N3O7.C6H8N2O/c10-6-4(8(13)14)1-3(7(11)12)2-5(6)9(15)16;1-7-6-4-2-3-5-8(6)9/h1-2,10H;2-5,9H,1H3. The van der Waals surface area contributed by atoms with Crippen LogP contribution >= 0.6 is 0 Å². The maximum Gasteiger partial charge on any atom is 0.324 e. The number of nitro benzene ring substituents is 3. The molecular formula is C12H11N5O8. The molecule has 1 heterocycles. The number of phenolic OH excluding ortho intramolecular Hbond substituents is 1. The Balaban J connectivity index is 0.000000293. The van der Waals surface area contributed by atoms with Crippen LogP contribution in [0.3, 0.4) is 0 Å². The van der Waals surface area contributed by atoms with Crippen molar-refractivity contribution < 1.29 is 25.1 Å². The molecule has 0 atom stereocenters. The summed E-state index contributed by atoms with van der Waals surface area (Å²) >= 11 is 0. The second-order valence-electron chi connectivity index (χ2n) is 4.23. The van der Waals surface area contributed by atoms with Gasteiger partial charge in [0.1, 0.15) is 0 Å². The van der Waals surface area contributed by atoms with Crippen molar-refractivity contribution in [2.75, 3.05) is 7.05 Å². The van der Waals surface area contributed by atoms with E-state index in [4.69, 9.17) is 10.3 Å². The molecule has 0 amide bonds. The predicted molar refractivity (Wildman–Crippen MR) is 81.2 cm³/mol. The lowest BCUT2D eigenvalue weighted by atomic mass is 10.2. The minimum Gasteiger partial charge on any atom is -0.497 e. The van der Waals surface area contributed by atoms with E-state index in [1.165, 1.54) is 6.20 Å². The lowest BCUT2D eigenvalue weighted by Gasteiger charge is -1.97. The molecule has 25 heavy (non-hydrogen) atoms. The molecule has 0 saturated carbocycles. The summed E-state index contributed by atoms with van der Waals surface area (Å²) < 4.78 is 0.972. The van der Waals surface area contributed by atoms with Crippen LogP contribution in [0.25, 0.3) is 0 Å². The van der Waals surface area contributed by atoms with Gasteiger partial charge in [-0.1, -0.05) is 6.07 Å². The highest BCUT2D eigenvalue weighted by atomic mass is 16.6. The van der Waals surface area contributed by atoms with E-state index in [0.717, 1.165) is 4.73 Å². The Morgan fingerprint density at radius 3 is 1.84 bits per heavy atom. The third-order valence-corrected chi connectivity index (χ3v) is 2.71. The fraction of sp³-hybridized carbons (Fsp3) is 0.0833. The monoisotopic (exact) mass is 353 g/mol. The van der Waals surface area contributed by atoms with Gasteiger partial charge in [0, 0.05) is 13.2 Å². The molecule has 0 spiro atoms. The van der Waals surface area contributed by atoms with Gasteiger partial charge in [-0.15, -0.1) is 0 Å². The van der Waals surface area contributed by atoms with Gasteiger partial charge in [-0.2, -0.15) is 4.73 Å². The number of benzene rings is 1. The second kappa shape index (κ2) is 8.00. The molecule has 2 aromatic rings. The summed E-state index contributed by atoms with van der Waals surface area (Å²) in [5.41, 5.74) is -2.45. The number of non-ortho nitro benzene ring substituents is 1. The van der Waals surface area contributed by atoms with Crippen molar-refractivity contribution in [3.63, 3.8) is 0 Å². The van der Waals surface area contributed by atoms with Gasteiger partial charge in [0.15, 0.2) is 5.49 Å². The molecule has 0 bridgehead atoms. The summed E-state index contributed by atoms with van der Waals surface area (Å²) in [7, 11) is 1.63. The molecule has 1 aromatic heterocycles. The Labute approximate surface area is 138 Å². The lowest BCUT2D eigenvalue weighted by Crippen LogP contribution is -2.16. The third kappa shape index (κ3) is 4.72. The SMILES string of the molecule is CN=c1ccccn1O.O=[N+]([O-])c1cc([N+](=O)[O-])c(O)c([N+](=O)[O-])c1. The average Bonchev–Trinajstić information content (AvgIpc) is 2.55. The molecule has 0 saturated heterocycles. The first-order valence-electron chi connectivity index (χ1n) is 6.29. The molecule has 1 aromatic carbocycles. The summed E-state index contributed by atoms with van der Waals surface area (Å²) in [5, 5.41) is 49.1. The van der Waals surface area contributed by atoms with Gasteiger partial charge in [0.25, 0.3) is 11.4 Å². The molecule has 0 unspecified atom stereocenters. The molecule has 0 aliphatic carbocycles. The van der Waals surface area contributed by atoms with Gasteiger partial charge >= 0.3 is 11.4 Å². The molecular weight excluding hydrogens is 342 g/mol. The molecule has 0 fully saturated rings. The van der Waals surface area contributed by atoms with Crippen molar-refractivity contribution in [3.05, 3.63) is 72.4 Å². The van der Waals surface area contributed by atoms with Gasteiger partial charge < -0.3 is 10.3 Å².